The number of nitrogens with two attached hydrogens (primary N) is 1. The topological polar surface area (TPSA) is 184 Å². The van der Waals surface area contributed by atoms with E-state index in [0.29, 0.717) is 12.8 Å². The highest BCUT2D eigenvalue weighted by Gasteiger charge is 2.31. The number of carbonyl (C=O) groups is 5. The third kappa shape index (κ3) is 10.8. The van der Waals surface area contributed by atoms with E-state index in [0.717, 1.165) is 0 Å². The Hall–Kier alpha value is -2.49. The Morgan fingerprint density at radius 2 is 1.32 bits per heavy atom. The Balaban J connectivity index is 4.80. The number of hydrogen-bond acceptors (Lipinski definition) is 6. The summed E-state index contributed by atoms with van der Waals surface area (Å²) in [5, 5.41) is 28.8. The molecule has 0 aliphatic heterocycles. The summed E-state index contributed by atoms with van der Waals surface area (Å²) in [6, 6.07) is -0.966. The minimum Gasteiger partial charge on any atom is -0.481 e. The van der Waals surface area contributed by atoms with Crippen LogP contribution in [-0.2, 0) is 24.0 Å². The molecule has 2 unspecified atom stereocenters. The first-order chi connectivity index (χ1) is 11.6. The Kier molecular flexibility index (Phi) is 10.8. The molecule has 0 aromatic rings. The van der Waals surface area contributed by atoms with Crippen LogP contribution in [0, 0.1) is 5.92 Å². The van der Waals surface area contributed by atoms with Crippen LogP contribution in [0.2, 0.25) is 0 Å². The zero-order chi connectivity index (χ0) is 19.4. The Morgan fingerprint density at radius 1 is 0.800 bits per heavy atom. The molecule has 0 saturated carbocycles. The van der Waals surface area contributed by atoms with E-state index >= 15 is 0 Å². The molecule has 0 aliphatic carbocycles. The molecule has 0 saturated heterocycles. The van der Waals surface area contributed by atoms with Gasteiger partial charge in [-0.15, -0.1) is 0 Å². The molecule has 142 valence electrons. The summed E-state index contributed by atoms with van der Waals surface area (Å²) in [6.07, 6.45) is -0.276. The maximum absolute atomic E-state index is 12.4. The number of carbonyl (C=O) groups excluding carboxylic acids is 2. The third-order valence-electron chi connectivity index (χ3n) is 3.53. The summed E-state index contributed by atoms with van der Waals surface area (Å²) in [5.74, 6) is -6.16. The quantitative estimate of drug-likeness (QED) is 0.191. The van der Waals surface area contributed by atoms with Gasteiger partial charge in [-0.25, -0.2) is 0 Å². The molecule has 0 heterocycles. The van der Waals surface area contributed by atoms with Gasteiger partial charge in [0.15, 0.2) is 5.78 Å². The third-order valence-corrected chi connectivity index (χ3v) is 3.53. The number of unbranched alkanes of at least 4 members (excludes halogenated alkanes) is 1. The Labute approximate surface area is 144 Å². The van der Waals surface area contributed by atoms with Crippen LogP contribution in [0.3, 0.4) is 0 Å². The number of primary amides is 1. The van der Waals surface area contributed by atoms with Gasteiger partial charge in [0.2, 0.25) is 5.91 Å². The van der Waals surface area contributed by atoms with Crippen LogP contribution < -0.4 is 11.1 Å². The predicted octanol–water partition coefficient (Wildman–Crippen LogP) is -0.400. The minimum absolute atomic E-state index is 0.0298. The molecule has 2 atom stereocenters. The summed E-state index contributed by atoms with van der Waals surface area (Å²) in [7, 11) is 0. The van der Waals surface area contributed by atoms with E-state index in [2.05, 4.69) is 5.32 Å². The molecular formula is C15H24N2O8. The van der Waals surface area contributed by atoms with Gasteiger partial charge in [-0.2, -0.15) is 0 Å². The van der Waals surface area contributed by atoms with Crippen molar-refractivity contribution in [3.8, 4) is 0 Å². The second kappa shape index (κ2) is 12.0. The summed E-state index contributed by atoms with van der Waals surface area (Å²) < 4.78 is 0. The van der Waals surface area contributed by atoms with Crippen LogP contribution in [0.1, 0.15) is 44.9 Å². The number of ketones is 1. The first-order valence-corrected chi connectivity index (χ1v) is 7.87. The molecule has 10 nitrogen and oxygen atoms in total. The van der Waals surface area contributed by atoms with Gasteiger partial charge in [0.05, 0.1) is 12.0 Å². The molecule has 0 spiro atoms. The Bertz CT molecular complexity index is 506. The van der Waals surface area contributed by atoms with Gasteiger partial charge in [-0.05, 0) is 32.2 Å². The second-order valence-corrected chi connectivity index (χ2v) is 5.58. The lowest BCUT2D eigenvalue weighted by atomic mass is 9.90. The van der Waals surface area contributed by atoms with Gasteiger partial charge < -0.3 is 26.4 Å². The van der Waals surface area contributed by atoms with Crippen molar-refractivity contribution >= 4 is 29.6 Å². The van der Waals surface area contributed by atoms with Gasteiger partial charge >= 0.3 is 17.9 Å². The zero-order valence-electron chi connectivity index (χ0n) is 13.8. The second-order valence-electron chi connectivity index (χ2n) is 5.58. The molecule has 6 N–H and O–H groups in total. The molecule has 25 heavy (non-hydrogen) atoms. The average Bonchev–Trinajstić information content (AvgIpc) is 2.48. The number of hydrogen-bond donors (Lipinski definition) is 5. The Morgan fingerprint density at radius 3 is 1.80 bits per heavy atom. The number of rotatable bonds is 15. The van der Waals surface area contributed by atoms with Crippen molar-refractivity contribution in [3.63, 3.8) is 0 Å². The number of carboxylic acid groups (broad SMARTS) is 3. The van der Waals surface area contributed by atoms with Gasteiger partial charge in [-0.1, -0.05) is 0 Å². The normalized spacial score (nSPS) is 13.0. The minimum atomic E-state index is -1.32. The lowest BCUT2D eigenvalue weighted by Gasteiger charge is -2.21. The van der Waals surface area contributed by atoms with E-state index in [1.54, 1.807) is 0 Å². The fourth-order valence-corrected chi connectivity index (χ4v) is 2.23. The van der Waals surface area contributed by atoms with E-state index in [1.165, 1.54) is 0 Å². The van der Waals surface area contributed by atoms with Crippen LogP contribution in [0.4, 0.5) is 0 Å². The molecule has 0 aromatic heterocycles. The summed E-state index contributed by atoms with van der Waals surface area (Å²) in [5.41, 5.74) is 5.17. The zero-order valence-corrected chi connectivity index (χ0v) is 13.8. The fourth-order valence-electron chi connectivity index (χ4n) is 2.23. The van der Waals surface area contributed by atoms with E-state index in [-0.39, 0.29) is 32.2 Å². The molecule has 1 amide bonds. The van der Waals surface area contributed by atoms with E-state index < -0.39 is 48.0 Å². The van der Waals surface area contributed by atoms with Crippen molar-refractivity contribution in [2.24, 2.45) is 11.7 Å². The van der Waals surface area contributed by atoms with Crippen molar-refractivity contribution in [1.29, 1.82) is 0 Å². The molecule has 10 heteroatoms. The number of nitrogens with one attached hydrogen (secondary N) is 1. The van der Waals surface area contributed by atoms with Crippen LogP contribution in [0.5, 0.6) is 0 Å². The van der Waals surface area contributed by atoms with Crippen LogP contribution in [0.25, 0.3) is 0 Å². The highest BCUT2D eigenvalue weighted by Crippen LogP contribution is 2.13. The number of aliphatic carboxylic acids is 3. The first-order valence-electron chi connectivity index (χ1n) is 7.87. The summed E-state index contributed by atoms with van der Waals surface area (Å²) in [6.45, 7) is 0.258. The highest BCUT2D eigenvalue weighted by molar-refractivity contribution is 6.03. The summed E-state index contributed by atoms with van der Waals surface area (Å²) in [4.78, 5) is 55.7. The maximum Gasteiger partial charge on any atom is 0.303 e. The number of Topliss-reactive ketones (excluding diaryl/α,β-unsaturated/α-hetero) is 1. The molecule has 0 bridgehead atoms. The summed E-state index contributed by atoms with van der Waals surface area (Å²) >= 11 is 0. The largest absolute Gasteiger partial charge is 0.481 e. The monoisotopic (exact) mass is 360 g/mol. The van der Waals surface area contributed by atoms with E-state index in [4.69, 9.17) is 21.1 Å². The molecule has 0 aromatic carbocycles. The van der Waals surface area contributed by atoms with E-state index in [9.17, 15) is 24.0 Å². The number of carboxylic acids is 3. The molecule has 0 fully saturated rings. The van der Waals surface area contributed by atoms with E-state index in [1.807, 2.05) is 0 Å². The fraction of sp³-hybridized carbons (Fsp3) is 0.667. The van der Waals surface area contributed by atoms with Gasteiger partial charge in [0.1, 0.15) is 0 Å². The molecular weight excluding hydrogens is 336 g/mol. The average molecular weight is 360 g/mol. The predicted molar refractivity (Wildman–Crippen MR) is 84.7 cm³/mol. The smallest absolute Gasteiger partial charge is 0.303 e. The van der Waals surface area contributed by atoms with Gasteiger partial charge in [0, 0.05) is 19.3 Å². The first kappa shape index (κ1) is 22.5. The van der Waals surface area contributed by atoms with Crippen LogP contribution in [0.15, 0.2) is 0 Å². The van der Waals surface area contributed by atoms with Crippen molar-refractivity contribution in [2.45, 2.75) is 51.0 Å². The van der Waals surface area contributed by atoms with Gasteiger partial charge in [-0.3, -0.25) is 24.0 Å². The van der Waals surface area contributed by atoms with Crippen molar-refractivity contribution in [1.82, 2.24) is 5.32 Å². The maximum atomic E-state index is 12.4. The molecule has 0 rings (SSSR count). The lowest BCUT2D eigenvalue weighted by molar-refractivity contribution is -0.139. The van der Waals surface area contributed by atoms with Crippen LogP contribution >= 0.6 is 0 Å². The van der Waals surface area contributed by atoms with Crippen LogP contribution in [-0.4, -0.2) is 57.5 Å². The SMILES string of the molecule is NC(=O)C(CCC(=O)O)C(=O)C(CCC(=O)O)NCCCCC(=O)O. The highest BCUT2D eigenvalue weighted by atomic mass is 16.4. The molecule has 0 radical (unpaired) electrons. The number of amides is 1. The van der Waals surface area contributed by atoms with Gasteiger partial charge in [0.25, 0.3) is 0 Å². The standard InChI is InChI=1S/C15H24N2O8/c16-15(25)9(4-6-12(20)21)14(24)10(5-7-13(22)23)17-8-2-1-3-11(18)19/h9-10,17H,1-8H2,(H2,16,25)(H,18,19)(H,20,21)(H,22,23). The van der Waals surface area contributed by atoms with Crippen molar-refractivity contribution < 1.29 is 39.3 Å². The molecule has 0 aliphatic rings. The van der Waals surface area contributed by atoms with Crippen molar-refractivity contribution in [3.05, 3.63) is 0 Å². The van der Waals surface area contributed by atoms with Crippen molar-refractivity contribution in [2.75, 3.05) is 6.54 Å². The lowest BCUT2D eigenvalue weighted by Crippen LogP contribution is -2.45.